The van der Waals surface area contributed by atoms with Gasteiger partial charge in [-0.1, -0.05) is 0 Å². The van der Waals surface area contributed by atoms with Crippen LogP contribution in [0.4, 0.5) is 18.9 Å². The zero-order chi connectivity index (χ0) is 16.2. The van der Waals surface area contributed by atoms with Gasteiger partial charge in [0, 0.05) is 23.2 Å². The first kappa shape index (κ1) is 16.5. The number of halogens is 3. The summed E-state index contributed by atoms with van der Waals surface area (Å²) in [7, 11) is 0. The van der Waals surface area contributed by atoms with Crippen molar-refractivity contribution in [3.63, 3.8) is 0 Å². The minimum absolute atomic E-state index is 0.167. The van der Waals surface area contributed by atoms with E-state index in [9.17, 15) is 22.8 Å². The smallest absolute Gasteiger partial charge is 0.417 e. The van der Waals surface area contributed by atoms with Gasteiger partial charge in [0.1, 0.15) is 5.58 Å². The second-order valence-electron chi connectivity index (χ2n) is 3.83. The Balaban J connectivity index is 0.000000383. The van der Waals surface area contributed by atoms with Crippen molar-refractivity contribution in [2.24, 2.45) is 5.73 Å². The standard InChI is InChI=1S/C10H6F3NO2.C2H5NO2/c11-10(12,13)7-4-9(15)16-8-3-5(14)1-2-6(7)8;3-1-2(4)5/h1-4H,14H2;1,3H2,(H,4,5). The number of carboxylic acid groups (broad SMARTS) is 1. The molecule has 0 bridgehead atoms. The van der Waals surface area contributed by atoms with E-state index in [2.05, 4.69) is 10.2 Å². The molecule has 9 heteroatoms. The molecule has 0 aliphatic heterocycles. The van der Waals surface area contributed by atoms with E-state index in [0.29, 0.717) is 6.07 Å². The summed E-state index contributed by atoms with van der Waals surface area (Å²) in [6.45, 7) is -0.278. The largest absolute Gasteiger partial charge is 0.480 e. The molecular formula is C12H11F3N2O4. The van der Waals surface area contributed by atoms with E-state index in [0.717, 1.165) is 0 Å². The van der Waals surface area contributed by atoms with Gasteiger partial charge in [-0.15, -0.1) is 0 Å². The van der Waals surface area contributed by atoms with Gasteiger partial charge in [-0.05, 0) is 12.1 Å². The summed E-state index contributed by atoms with van der Waals surface area (Å²) in [6, 6.07) is 4.11. The molecule has 2 aromatic rings. The third-order valence-electron chi connectivity index (χ3n) is 2.25. The predicted octanol–water partition coefficient (Wildman–Crippen LogP) is 1.42. The van der Waals surface area contributed by atoms with Crippen molar-refractivity contribution in [3.05, 3.63) is 40.2 Å². The Labute approximate surface area is 115 Å². The number of nitrogens with two attached hydrogens (primary N) is 2. The van der Waals surface area contributed by atoms with Crippen LogP contribution >= 0.6 is 0 Å². The third kappa shape index (κ3) is 4.49. The van der Waals surface area contributed by atoms with E-state index < -0.39 is 23.3 Å². The van der Waals surface area contributed by atoms with Crippen molar-refractivity contribution in [2.45, 2.75) is 6.18 Å². The van der Waals surface area contributed by atoms with E-state index >= 15 is 0 Å². The minimum Gasteiger partial charge on any atom is -0.480 e. The summed E-state index contributed by atoms with van der Waals surface area (Å²) >= 11 is 0. The zero-order valence-electron chi connectivity index (χ0n) is 10.5. The summed E-state index contributed by atoms with van der Waals surface area (Å²) < 4.78 is 42.4. The number of fused-ring (bicyclic) bond motifs is 1. The Kier molecular flexibility index (Phi) is 4.93. The van der Waals surface area contributed by atoms with E-state index in [-0.39, 0.29) is 23.2 Å². The van der Waals surface area contributed by atoms with Crippen molar-refractivity contribution in [3.8, 4) is 0 Å². The number of carboxylic acids is 1. The fraction of sp³-hybridized carbons (Fsp3) is 0.167. The Morgan fingerprint density at radius 1 is 1.29 bits per heavy atom. The quantitative estimate of drug-likeness (QED) is 0.541. The molecule has 21 heavy (non-hydrogen) atoms. The summed E-state index contributed by atoms with van der Waals surface area (Å²) in [4.78, 5) is 20.2. The highest BCUT2D eigenvalue weighted by Gasteiger charge is 2.33. The molecule has 0 aliphatic rings. The van der Waals surface area contributed by atoms with Gasteiger partial charge in [-0.2, -0.15) is 13.2 Å². The van der Waals surface area contributed by atoms with Crippen LogP contribution in [0.5, 0.6) is 0 Å². The van der Waals surface area contributed by atoms with Gasteiger partial charge in [-0.3, -0.25) is 4.79 Å². The molecule has 0 saturated carbocycles. The summed E-state index contributed by atoms with van der Waals surface area (Å²) in [5.74, 6) is -0.968. The van der Waals surface area contributed by atoms with E-state index in [1.54, 1.807) is 0 Å². The van der Waals surface area contributed by atoms with Crippen LogP contribution < -0.4 is 17.1 Å². The molecule has 0 unspecified atom stereocenters. The molecule has 1 heterocycles. The minimum atomic E-state index is -4.59. The highest BCUT2D eigenvalue weighted by molar-refractivity contribution is 5.83. The Morgan fingerprint density at radius 2 is 1.86 bits per heavy atom. The highest BCUT2D eigenvalue weighted by atomic mass is 19.4. The van der Waals surface area contributed by atoms with Gasteiger partial charge in [-0.25, -0.2) is 4.79 Å². The van der Waals surface area contributed by atoms with E-state index in [1.165, 1.54) is 18.2 Å². The van der Waals surface area contributed by atoms with Crippen molar-refractivity contribution >= 4 is 22.6 Å². The number of hydrogen-bond acceptors (Lipinski definition) is 5. The fourth-order valence-electron chi connectivity index (χ4n) is 1.41. The Bertz CT molecular complexity index is 710. The van der Waals surface area contributed by atoms with Crippen LogP contribution in [0.2, 0.25) is 0 Å². The van der Waals surface area contributed by atoms with Crippen LogP contribution in [0.15, 0.2) is 33.5 Å². The number of rotatable bonds is 1. The lowest BCUT2D eigenvalue weighted by Crippen LogP contribution is -2.11. The molecule has 0 atom stereocenters. The first-order valence-electron chi connectivity index (χ1n) is 5.47. The number of aliphatic carboxylic acids is 1. The first-order valence-corrected chi connectivity index (χ1v) is 5.47. The van der Waals surface area contributed by atoms with Crippen LogP contribution in [0.25, 0.3) is 11.0 Å². The molecule has 0 radical (unpaired) electrons. The summed E-state index contributed by atoms with van der Waals surface area (Å²) in [5.41, 5.74) is 7.96. The lowest BCUT2D eigenvalue weighted by molar-refractivity contribution is -0.137. The third-order valence-corrected chi connectivity index (χ3v) is 2.25. The normalized spacial score (nSPS) is 10.9. The summed E-state index contributed by atoms with van der Waals surface area (Å²) in [5, 5.41) is 7.42. The number of carbonyl (C=O) groups is 1. The lowest BCUT2D eigenvalue weighted by atomic mass is 10.1. The number of benzene rings is 1. The molecule has 5 N–H and O–H groups in total. The van der Waals surface area contributed by atoms with Gasteiger partial charge in [0.25, 0.3) is 0 Å². The van der Waals surface area contributed by atoms with Crippen molar-refractivity contribution in [1.82, 2.24) is 0 Å². The maximum atomic E-state index is 12.6. The van der Waals surface area contributed by atoms with E-state index in [4.69, 9.17) is 10.8 Å². The van der Waals surface area contributed by atoms with Crippen molar-refractivity contribution in [1.29, 1.82) is 0 Å². The Morgan fingerprint density at radius 3 is 2.33 bits per heavy atom. The molecule has 0 saturated heterocycles. The van der Waals surface area contributed by atoms with Gasteiger partial charge < -0.3 is 21.0 Å². The van der Waals surface area contributed by atoms with E-state index in [1.807, 2.05) is 0 Å². The molecule has 0 fully saturated rings. The Hall–Kier alpha value is -2.55. The van der Waals surface area contributed by atoms with Gasteiger partial charge in [0.15, 0.2) is 0 Å². The molecule has 114 valence electrons. The predicted molar refractivity (Wildman–Crippen MR) is 68.6 cm³/mol. The number of hydrogen-bond donors (Lipinski definition) is 3. The van der Waals surface area contributed by atoms with Crippen LogP contribution in [0.1, 0.15) is 5.56 Å². The number of anilines is 1. The molecule has 0 amide bonds. The van der Waals surface area contributed by atoms with Crippen LogP contribution in [0, 0.1) is 0 Å². The van der Waals surface area contributed by atoms with Gasteiger partial charge >= 0.3 is 17.8 Å². The second kappa shape index (κ2) is 6.27. The van der Waals surface area contributed by atoms with Gasteiger partial charge in [0.2, 0.25) is 0 Å². The first-order chi connectivity index (χ1) is 9.65. The molecule has 2 rings (SSSR count). The molecule has 1 aromatic heterocycles. The maximum Gasteiger partial charge on any atom is 0.417 e. The average molecular weight is 304 g/mol. The van der Waals surface area contributed by atoms with Crippen molar-refractivity contribution in [2.75, 3.05) is 12.3 Å². The molecule has 1 aromatic carbocycles. The zero-order valence-corrected chi connectivity index (χ0v) is 10.5. The maximum absolute atomic E-state index is 12.6. The SMILES string of the molecule is NCC(=O)O.Nc1ccc2c(C(F)(F)F)cc(=O)oc2c1. The molecule has 6 nitrogen and oxygen atoms in total. The monoisotopic (exact) mass is 304 g/mol. The number of alkyl halides is 3. The second-order valence-corrected chi connectivity index (χ2v) is 3.83. The van der Waals surface area contributed by atoms with Crippen LogP contribution in [0.3, 0.4) is 0 Å². The average Bonchev–Trinajstić information content (AvgIpc) is 2.36. The van der Waals surface area contributed by atoms with Crippen LogP contribution in [-0.4, -0.2) is 17.6 Å². The van der Waals surface area contributed by atoms with Crippen LogP contribution in [-0.2, 0) is 11.0 Å². The number of nitrogen functional groups attached to an aromatic ring is 1. The van der Waals surface area contributed by atoms with Crippen molar-refractivity contribution < 1.29 is 27.5 Å². The molecular weight excluding hydrogens is 293 g/mol. The molecule has 0 aliphatic carbocycles. The fourth-order valence-corrected chi connectivity index (χ4v) is 1.41. The topological polar surface area (TPSA) is 120 Å². The molecule has 0 spiro atoms. The highest BCUT2D eigenvalue weighted by Crippen LogP contribution is 2.34. The van der Waals surface area contributed by atoms with Gasteiger partial charge in [0.05, 0.1) is 12.1 Å². The summed E-state index contributed by atoms with van der Waals surface area (Å²) in [6.07, 6.45) is -4.59. The lowest BCUT2D eigenvalue weighted by Gasteiger charge is -2.08.